The number of hydrogen-bond acceptors (Lipinski definition) is 6. The van der Waals surface area contributed by atoms with Crippen LogP contribution >= 0.6 is 0 Å². The lowest BCUT2D eigenvalue weighted by Crippen LogP contribution is -2.11. The molecule has 92 valence electrons. The Balaban J connectivity index is 3.06. The van der Waals surface area contributed by atoms with Crippen molar-refractivity contribution >= 4 is 21.8 Å². The zero-order valence-corrected chi connectivity index (χ0v) is 9.85. The molecule has 0 spiro atoms. The zero-order valence-electron chi connectivity index (χ0n) is 9.04. The van der Waals surface area contributed by atoms with Crippen molar-refractivity contribution in [3.05, 3.63) is 39.4 Å². The number of nitro groups is 1. The number of nitrogens with zero attached hydrogens (tertiary/aromatic N) is 1. The van der Waals surface area contributed by atoms with E-state index in [1.54, 1.807) is 0 Å². The summed E-state index contributed by atoms with van der Waals surface area (Å²) in [6.07, 6.45) is 0.739. The van der Waals surface area contributed by atoms with Crippen molar-refractivity contribution in [3.8, 4) is 0 Å². The van der Waals surface area contributed by atoms with Gasteiger partial charge in [-0.3, -0.25) is 10.1 Å². The van der Waals surface area contributed by atoms with Gasteiger partial charge in [0.1, 0.15) is 0 Å². The van der Waals surface area contributed by atoms with Crippen LogP contribution in [0.2, 0.25) is 0 Å². The molecule has 0 fully saturated rings. The summed E-state index contributed by atoms with van der Waals surface area (Å²) >= 11 is 0. The van der Waals surface area contributed by atoms with Gasteiger partial charge in [0.05, 0.1) is 16.7 Å². The number of carbonyl (C=O) groups is 1. The van der Waals surface area contributed by atoms with E-state index in [0.717, 1.165) is 18.4 Å². The van der Waals surface area contributed by atoms with Crippen LogP contribution in [0.4, 0.5) is 5.69 Å². The Bertz CT molecular complexity index is 577. The molecule has 0 radical (unpaired) electrons. The molecule has 0 aromatic heterocycles. The fraction of sp³-hybridized carbons (Fsp3) is 0.222. The topological polar surface area (TPSA) is 104 Å². The normalized spacial score (nSPS) is 10.9. The van der Waals surface area contributed by atoms with E-state index in [2.05, 4.69) is 4.18 Å². The summed E-state index contributed by atoms with van der Waals surface area (Å²) in [5, 5.41) is 10.5. The van der Waals surface area contributed by atoms with Crippen LogP contribution in [0.25, 0.3) is 0 Å². The molecule has 0 bridgehead atoms. The van der Waals surface area contributed by atoms with Crippen molar-refractivity contribution in [1.82, 2.24) is 0 Å². The van der Waals surface area contributed by atoms with Gasteiger partial charge in [-0.25, -0.2) is 4.79 Å². The van der Waals surface area contributed by atoms with Gasteiger partial charge in [0.25, 0.3) is 5.69 Å². The van der Waals surface area contributed by atoms with Crippen LogP contribution in [0, 0.1) is 17.0 Å². The number of benzene rings is 1. The van der Waals surface area contributed by atoms with Crippen LogP contribution in [-0.2, 0) is 14.3 Å². The smallest absolute Gasteiger partial charge is 0.341 e. The molecule has 8 heteroatoms. The van der Waals surface area contributed by atoms with Crippen molar-refractivity contribution in [1.29, 1.82) is 0 Å². The Kier molecular flexibility index (Phi) is 3.47. The second kappa shape index (κ2) is 4.50. The van der Waals surface area contributed by atoms with Gasteiger partial charge in [-0.15, -0.1) is 0 Å². The van der Waals surface area contributed by atoms with Crippen LogP contribution in [0.15, 0.2) is 18.2 Å². The van der Waals surface area contributed by atoms with E-state index >= 15 is 0 Å². The molecule has 1 aromatic carbocycles. The zero-order chi connectivity index (χ0) is 13.2. The molecule has 17 heavy (non-hydrogen) atoms. The number of nitro benzene ring substituents is 1. The van der Waals surface area contributed by atoms with E-state index in [-0.39, 0.29) is 16.8 Å². The summed E-state index contributed by atoms with van der Waals surface area (Å²) in [7, 11) is -3.89. The molecule has 0 unspecified atom stereocenters. The van der Waals surface area contributed by atoms with E-state index < -0.39 is 21.0 Å². The quantitative estimate of drug-likeness (QED) is 0.456. The number of aryl methyl sites for hydroxylation is 1. The van der Waals surface area contributed by atoms with Crippen molar-refractivity contribution in [2.24, 2.45) is 0 Å². The van der Waals surface area contributed by atoms with Crippen LogP contribution in [-0.4, -0.2) is 25.6 Å². The van der Waals surface area contributed by atoms with Crippen LogP contribution in [0.3, 0.4) is 0 Å². The molecule has 0 aliphatic carbocycles. The minimum absolute atomic E-state index is 0.0569. The van der Waals surface area contributed by atoms with Gasteiger partial charge < -0.3 is 4.18 Å². The van der Waals surface area contributed by atoms with E-state index in [4.69, 9.17) is 0 Å². The Morgan fingerprint density at radius 1 is 1.41 bits per heavy atom. The first-order valence-electron chi connectivity index (χ1n) is 4.39. The van der Waals surface area contributed by atoms with Crippen LogP contribution in [0.1, 0.15) is 15.9 Å². The summed E-state index contributed by atoms with van der Waals surface area (Å²) in [5.74, 6) is -1.06. The van der Waals surface area contributed by atoms with Gasteiger partial charge in [0, 0.05) is 11.6 Å². The van der Waals surface area contributed by atoms with Crippen molar-refractivity contribution in [2.45, 2.75) is 6.92 Å². The predicted octanol–water partition coefficient (Wildman–Crippen LogP) is 1.02. The third kappa shape index (κ3) is 3.52. The highest BCUT2D eigenvalue weighted by Gasteiger charge is 2.17. The number of carbonyl (C=O) groups excluding carboxylic acids is 1. The van der Waals surface area contributed by atoms with Crippen LogP contribution < -0.4 is 0 Å². The molecule has 1 aromatic rings. The monoisotopic (exact) mass is 259 g/mol. The summed E-state index contributed by atoms with van der Waals surface area (Å²) in [4.78, 5) is 21.3. The first-order valence-corrected chi connectivity index (χ1v) is 6.21. The molecular weight excluding hydrogens is 250 g/mol. The summed E-state index contributed by atoms with van der Waals surface area (Å²) in [5.41, 5.74) is 0.0392. The van der Waals surface area contributed by atoms with Crippen molar-refractivity contribution < 1.29 is 22.3 Å². The Hall–Kier alpha value is -1.96. The highest BCUT2D eigenvalue weighted by atomic mass is 32.2. The molecule has 0 saturated carbocycles. The molecule has 0 heterocycles. The molecule has 7 nitrogen and oxygen atoms in total. The summed E-state index contributed by atoms with van der Waals surface area (Å²) < 4.78 is 25.6. The molecule has 1 rings (SSSR count). The molecular formula is C9H9NO6S. The predicted molar refractivity (Wildman–Crippen MR) is 58.1 cm³/mol. The van der Waals surface area contributed by atoms with Crippen molar-refractivity contribution in [2.75, 3.05) is 6.26 Å². The Morgan fingerprint density at radius 2 is 2.00 bits per heavy atom. The van der Waals surface area contributed by atoms with Gasteiger partial charge in [-0.1, -0.05) is 0 Å². The van der Waals surface area contributed by atoms with E-state index in [1.807, 2.05) is 0 Å². The number of rotatable bonds is 3. The highest BCUT2D eigenvalue weighted by Crippen LogP contribution is 2.19. The fourth-order valence-corrected chi connectivity index (χ4v) is 1.54. The minimum atomic E-state index is -3.89. The van der Waals surface area contributed by atoms with Gasteiger partial charge in [0.2, 0.25) is 0 Å². The molecule has 0 saturated heterocycles. The fourth-order valence-electron chi connectivity index (χ4n) is 1.17. The van der Waals surface area contributed by atoms with E-state index in [1.165, 1.54) is 13.0 Å². The second-order valence-electron chi connectivity index (χ2n) is 3.33. The Morgan fingerprint density at radius 3 is 2.41 bits per heavy atom. The van der Waals surface area contributed by atoms with Gasteiger partial charge in [-0.05, 0) is 19.1 Å². The summed E-state index contributed by atoms with van der Waals surface area (Å²) in [6.45, 7) is 1.44. The molecule has 0 amide bonds. The SMILES string of the molecule is Cc1cc(C(=O)OS(C)(=O)=O)ccc1[N+](=O)[O-]. The van der Waals surface area contributed by atoms with Crippen LogP contribution in [0.5, 0.6) is 0 Å². The van der Waals surface area contributed by atoms with Gasteiger partial charge in [0.15, 0.2) is 0 Å². The maximum absolute atomic E-state index is 11.3. The standard InChI is InChI=1S/C9H9NO6S/c1-6-5-7(3-4-8(6)10(12)13)9(11)16-17(2,14)15/h3-5H,1-2H3. The third-order valence-electron chi connectivity index (χ3n) is 1.86. The Labute approximate surface area is 97.3 Å². The molecule has 0 aliphatic rings. The maximum atomic E-state index is 11.3. The van der Waals surface area contributed by atoms with Gasteiger partial charge >= 0.3 is 16.1 Å². The average molecular weight is 259 g/mol. The molecule has 0 N–H and O–H groups in total. The number of hydrogen-bond donors (Lipinski definition) is 0. The lowest BCUT2D eigenvalue weighted by Gasteiger charge is -2.02. The first kappa shape index (κ1) is 13.1. The largest absolute Gasteiger partial charge is 0.353 e. The maximum Gasteiger partial charge on any atom is 0.353 e. The highest BCUT2D eigenvalue weighted by molar-refractivity contribution is 7.86. The first-order chi connectivity index (χ1) is 7.70. The molecule has 0 atom stereocenters. The summed E-state index contributed by atoms with van der Waals surface area (Å²) in [6, 6.07) is 3.46. The van der Waals surface area contributed by atoms with Gasteiger partial charge in [-0.2, -0.15) is 8.42 Å². The minimum Gasteiger partial charge on any atom is -0.341 e. The van der Waals surface area contributed by atoms with E-state index in [0.29, 0.717) is 0 Å². The lowest BCUT2D eigenvalue weighted by atomic mass is 10.1. The van der Waals surface area contributed by atoms with E-state index in [9.17, 15) is 23.3 Å². The van der Waals surface area contributed by atoms with Crippen molar-refractivity contribution in [3.63, 3.8) is 0 Å². The second-order valence-corrected chi connectivity index (χ2v) is 4.91. The average Bonchev–Trinajstić information content (AvgIpc) is 2.14. The third-order valence-corrected chi connectivity index (χ3v) is 2.31. The lowest BCUT2D eigenvalue weighted by molar-refractivity contribution is -0.385. The molecule has 0 aliphatic heterocycles.